The predicted molar refractivity (Wildman–Crippen MR) is 213 cm³/mol. The van der Waals surface area contributed by atoms with Gasteiger partial charge in [0.1, 0.15) is 11.5 Å². The molecule has 6 heteroatoms. The summed E-state index contributed by atoms with van der Waals surface area (Å²) in [6.07, 6.45) is 11.0. The summed E-state index contributed by atoms with van der Waals surface area (Å²) in [6, 6.07) is 18.2. The van der Waals surface area contributed by atoms with Gasteiger partial charge in [-0.15, -0.1) is 22.7 Å². The summed E-state index contributed by atoms with van der Waals surface area (Å²) in [4.78, 5) is 2.42. The van der Waals surface area contributed by atoms with Gasteiger partial charge in [0.05, 0.1) is 30.5 Å². The van der Waals surface area contributed by atoms with Crippen LogP contribution in [0.4, 0.5) is 0 Å². The van der Waals surface area contributed by atoms with E-state index in [-0.39, 0.29) is 0 Å². The summed E-state index contributed by atoms with van der Waals surface area (Å²) < 4.78 is 15.0. The van der Waals surface area contributed by atoms with E-state index in [0.29, 0.717) is 11.8 Å². The van der Waals surface area contributed by atoms with E-state index >= 15 is 0 Å². The van der Waals surface area contributed by atoms with Gasteiger partial charge in [-0.25, -0.2) is 0 Å². The van der Waals surface area contributed by atoms with Crippen molar-refractivity contribution in [3.05, 3.63) is 67.2 Å². The van der Waals surface area contributed by atoms with Gasteiger partial charge in [0.25, 0.3) is 0 Å². The number of benzene rings is 2. The van der Waals surface area contributed by atoms with Crippen molar-refractivity contribution < 1.29 is 9.47 Å². The van der Waals surface area contributed by atoms with Crippen molar-refractivity contribution in [2.75, 3.05) is 13.2 Å². The molecule has 47 heavy (non-hydrogen) atoms. The lowest BCUT2D eigenvalue weighted by molar-refractivity contribution is 0.277. The zero-order valence-electron chi connectivity index (χ0n) is 29.1. The fraction of sp³-hybridized carbons (Fsp3) is 0.512. The van der Waals surface area contributed by atoms with Crippen LogP contribution in [-0.4, -0.2) is 13.2 Å². The lowest BCUT2D eigenvalue weighted by Crippen LogP contribution is -2.05. The van der Waals surface area contributed by atoms with Crippen LogP contribution in [0.15, 0.2) is 56.1 Å². The molecular weight excluding hydrogens is 748 g/mol. The van der Waals surface area contributed by atoms with Crippen LogP contribution in [0.3, 0.4) is 0 Å². The Bertz CT molecular complexity index is 1600. The first-order valence-electron chi connectivity index (χ1n) is 17.7. The van der Waals surface area contributed by atoms with Crippen LogP contribution in [0.5, 0.6) is 11.5 Å². The lowest BCUT2D eigenvalue weighted by Gasteiger charge is -2.14. The molecule has 2 unspecified atom stereocenters. The van der Waals surface area contributed by atoms with Crippen molar-refractivity contribution >= 4 is 54.5 Å². The first-order valence-corrected chi connectivity index (χ1v) is 20.9. The van der Waals surface area contributed by atoms with Crippen LogP contribution in [0, 0.1) is 23.7 Å². The molecule has 0 radical (unpaired) electrons. The molecule has 2 nitrogen and oxygen atoms in total. The average molecular weight is 801 g/mol. The molecule has 0 aliphatic heterocycles. The van der Waals surface area contributed by atoms with Crippen molar-refractivity contribution in [1.29, 1.82) is 0 Å². The third-order valence-electron chi connectivity index (χ3n) is 9.44. The van der Waals surface area contributed by atoms with Gasteiger partial charge in [-0.05, 0) is 120 Å². The van der Waals surface area contributed by atoms with Gasteiger partial charge in [-0.1, -0.05) is 104 Å². The Labute approximate surface area is 309 Å². The van der Waals surface area contributed by atoms with Crippen LogP contribution >= 0.6 is 54.5 Å². The molecule has 1 aliphatic carbocycles. The first kappa shape index (κ1) is 36.7. The number of rotatable bonds is 18. The minimum atomic E-state index is 0.687. The predicted octanol–water partition coefficient (Wildman–Crippen LogP) is 14.7. The van der Waals surface area contributed by atoms with Gasteiger partial charge in [-0.3, -0.25) is 0 Å². The van der Waals surface area contributed by atoms with Crippen molar-refractivity contribution in [3.63, 3.8) is 0 Å². The van der Waals surface area contributed by atoms with E-state index in [4.69, 9.17) is 9.47 Å². The Morgan fingerprint density at radius 1 is 0.574 bits per heavy atom. The third-order valence-corrected chi connectivity index (χ3v) is 12.8. The molecule has 0 spiro atoms. The van der Waals surface area contributed by atoms with Crippen molar-refractivity contribution in [1.82, 2.24) is 0 Å². The van der Waals surface area contributed by atoms with Crippen molar-refractivity contribution in [3.8, 4) is 43.5 Å². The van der Waals surface area contributed by atoms with Crippen LogP contribution in [0.2, 0.25) is 0 Å². The maximum absolute atomic E-state index is 6.41. The molecule has 0 bridgehead atoms. The van der Waals surface area contributed by atoms with Crippen molar-refractivity contribution in [2.24, 2.45) is 23.7 Å². The highest BCUT2D eigenvalue weighted by Crippen LogP contribution is 2.47. The molecule has 2 heterocycles. The Morgan fingerprint density at radius 2 is 1.09 bits per heavy atom. The molecule has 1 aliphatic rings. The summed E-state index contributed by atoms with van der Waals surface area (Å²) in [5.74, 6) is 4.94. The van der Waals surface area contributed by atoms with E-state index in [1.54, 1.807) is 22.7 Å². The van der Waals surface area contributed by atoms with E-state index in [1.165, 1.54) is 81.7 Å². The van der Waals surface area contributed by atoms with Gasteiger partial charge in [0.2, 0.25) is 0 Å². The van der Waals surface area contributed by atoms with Gasteiger partial charge < -0.3 is 9.47 Å². The highest BCUT2D eigenvalue weighted by molar-refractivity contribution is 9.11. The highest BCUT2D eigenvalue weighted by atomic mass is 79.9. The lowest BCUT2D eigenvalue weighted by atomic mass is 9.98. The molecule has 0 saturated carbocycles. The Balaban J connectivity index is 1.25. The molecule has 0 N–H and O–H groups in total. The van der Waals surface area contributed by atoms with E-state index in [0.717, 1.165) is 63.4 Å². The van der Waals surface area contributed by atoms with Crippen LogP contribution in [-0.2, 0) is 6.42 Å². The number of thiophene rings is 2. The smallest absolute Gasteiger partial charge is 0.139 e. The van der Waals surface area contributed by atoms with Crippen LogP contribution in [0.25, 0.3) is 32.0 Å². The minimum absolute atomic E-state index is 0.687. The van der Waals surface area contributed by atoms with E-state index in [9.17, 15) is 0 Å². The molecule has 0 fully saturated rings. The number of halogens is 2. The fourth-order valence-corrected chi connectivity index (χ4v) is 9.59. The Morgan fingerprint density at radius 3 is 1.62 bits per heavy atom. The summed E-state index contributed by atoms with van der Waals surface area (Å²) in [7, 11) is 0. The van der Waals surface area contributed by atoms with Gasteiger partial charge in [-0.2, -0.15) is 0 Å². The second kappa shape index (κ2) is 17.4. The van der Waals surface area contributed by atoms with Crippen LogP contribution in [0.1, 0.15) is 104 Å². The summed E-state index contributed by atoms with van der Waals surface area (Å²) in [5.41, 5.74) is 7.93. The molecule has 5 rings (SSSR count). The topological polar surface area (TPSA) is 18.5 Å². The van der Waals surface area contributed by atoms with E-state index in [2.05, 4.69) is 122 Å². The number of hydrogen-bond donors (Lipinski definition) is 0. The molecule has 0 amide bonds. The fourth-order valence-electron chi connectivity index (χ4n) is 6.56. The maximum atomic E-state index is 6.41. The normalized spacial score (nSPS) is 13.7. The zero-order valence-corrected chi connectivity index (χ0v) is 33.9. The second-order valence-corrected chi connectivity index (χ2v) is 19.4. The Kier molecular flexibility index (Phi) is 13.5. The standard InChI is InChI=1S/C41H52Br2O2S2/c1-26(2)9-7-11-28(5)17-19-44-36-24-38(42)46-40(36)31-15-16-34-33(22-31)21-30-13-14-32(23-35(30)34)41-37(25-39(43)47-41)45-20-18-29(6)12-8-10-27(3)4/h13-16,22-29H,7-12,17-21H2,1-6H3. The third kappa shape index (κ3) is 10.2. The number of fused-ring (bicyclic) bond motifs is 3. The monoisotopic (exact) mass is 798 g/mol. The molecule has 2 atom stereocenters. The van der Waals surface area contributed by atoms with Gasteiger partial charge in [0.15, 0.2) is 0 Å². The summed E-state index contributed by atoms with van der Waals surface area (Å²) in [6.45, 7) is 15.5. The quantitative estimate of drug-likeness (QED) is 0.0879. The van der Waals surface area contributed by atoms with Crippen LogP contribution < -0.4 is 9.47 Å². The van der Waals surface area contributed by atoms with Gasteiger partial charge >= 0.3 is 0 Å². The second-order valence-electron chi connectivity index (χ2n) is 14.5. The molecule has 2 aromatic carbocycles. The summed E-state index contributed by atoms with van der Waals surface area (Å²) >= 11 is 11.0. The highest BCUT2D eigenvalue weighted by Gasteiger charge is 2.23. The number of ether oxygens (including phenoxy) is 2. The first-order chi connectivity index (χ1) is 22.6. The minimum Gasteiger partial charge on any atom is -0.492 e. The molecule has 4 aromatic rings. The summed E-state index contributed by atoms with van der Waals surface area (Å²) in [5, 5.41) is 0. The largest absolute Gasteiger partial charge is 0.492 e. The Hall–Kier alpha value is -1.60. The average Bonchev–Trinajstić information content (AvgIpc) is 3.69. The molecular formula is C41H52Br2O2S2. The van der Waals surface area contributed by atoms with Crippen molar-refractivity contribution in [2.45, 2.75) is 99.3 Å². The van der Waals surface area contributed by atoms with E-state index < -0.39 is 0 Å². The molecule has 0 saturated heterocycles. The maximum Gasteiger partial charge on any atom is 0.139 e. The molecule has 254 valence electrons. The van der Waals surface area contributed by atoms with Gasteiger partial charge in [0, 0.05) is 12.1 Å². The SMILES string of the molecule is CC(C)CCCC(C)CCOc1cc(Br)sc1-c1ccc2c(c1)Cc1ccc(-c3sc(Br)cc3OCCC(C)CCCC(C)C)cc1-2. The molecule has 2 aromatic heterocycles. The zero-order chi connectivity index (χ0) is 33.5. The van der Waals surface area contributed by atoms with E-state index in [1.807, 2.05) is 0 Å². The number of hydrogen-bond acceptors (Lipinski definition) is 4.